The first kappa shape index (κ1) is 22.8. The second-order valence-corrected chi connectivity index (χ2v) is 10.1. The monoisotopic (exact) mass is 508 g/mol. The number of hydrogen-bond acceptors (Lipinski definition) is 7. The maximum Gasteiger partial charge on any atom is 0.293 e. The van der Waals surface area contributed by atoms with Crippen LogP contribution in [-0.4, -0.2) is 54.3 Å². The lowest BCUT2D eigenvalue weighted by Crippen LogP contribution is -2.41. The third-order valence-electron chi connectivity index (χ3n) is 8.30. The van der Waals surface area contributed by atoms with Crippen molar-refractivity contribution in [1.29, 1.82) is 0 Å². The van der Waals surface area contributed by atoms with Crippen molar-refractivity contribution in [2.75, 3.05) is 31.2 Å². The number of amides is 2. The van der Waals surface area contributed by atoms with E-state index in [1.54, 1.807) is 12.1 Å². The number of hydrazone groups is 1. The largest absolute Gasteiger partial charge is 0.378 e. The first-order valence-corrected chi connectivity index (χ1v) is 12.7. The van der Waals surface area contributed by atoms with Crippen LogP contribution in [-0.2, 0) is 14.3 Å². The van der Waals surface area contributed by atoms with E-state index in [1.807, 2.05) is 29.2 Å². The van der Waals surface area contributed by atoms with Crippen molar-refractivity contribution in [3.05, 3.63) is 105 Å². The van der Waals surface area contributed by atoms with Crippen molar-refractivity contribution in [3.63, 3.8) is 0 Å². The van der Waals surface area contributed by atoms with Gasteiger partial charge < -0.3 is 9.64 Å². The van der Waals surface area contributed by atoms with E-state index in [2.05, 4.69) is 29.4 Å². The van der Waals surface area contributed by atoms with Gasteiger partial charge in [0.25, 0.3) is 17.5 Å². The van der Waals surface area contributed by atoms with E-state index in [0.717, 1.165) is 27.3 Å². The van der Waals surface area contributed by atoms with Gasteiger partial charge in [-0.15, -0.1) is 0 Å². The molecule has 5 aliphatic rings. The van der Waals surface area contributed by atoms with Crippen LogP contribution in [0.4, 0.5) is 11.4 Å². The van der Waals surface area contributed by atoms with Crippen LogP contribution >= 0.6 is 0 Å². The number of anilines is 1. The molecule has 8 rings (SSSR count). The number of nitrogens with zero attached hydrogens (tertiary/aromatic N) is 4. The second-order valence-electron chi connectivity index (χ2n) is 10.1. The van der Waals surface area contributed by atoms with Gasteiger partial charge in [0.1, 0.15) is 5.69 Å². The third-order valence-corrected chi connectivity index (χ3v) is 8.30. The van der Waals surface area contributed by atoms with Crippen molar-refractivity contribution in [1.82, 2.24) is 5.01 Å². The smallest absolute Gasteiger partial charge is 0.293 e. The molecule has 9 heteroatoms. The van der Waals surface area contributed by atoms with Crippen LogP contribution in [0.1, 0.15) is 39.7 Å². The average molecular weight is 509 g/mol. The minimum Gasteiger partial charge on any atom is -0.378 e. The minimum atomic E-state index is -0.521. The van der Waals surface area contributed by atoms with E-state index in [9.17, 15) is 19.7 Å². The number of imide groups is 1. The molecule has 0 spiro atoms. The highest BCUT2D eigenvalue weighted by Crippen LogP contribution is 2.60. The summed E-state index contributed by atoms with van der Waals surface area (Å²) in [5.74, 6) is -2.10. The SMILES string of the molecule is O=C1[C@@H]2C3c4ccccc4C(c4ccccc43)[C@@H]2C(=O)N1/N=C\c1ccc(N2CCOCC2)c([N+](=O)[O-])c1. The molecule has 0 saturated carbocycles. The molecule has 2 aliphatic heterocycles. The van der Waals surface area contributed by atoms with Crippen LogP contribution in [0.5, 0.6) is 0 Å². The second kappa shape index (κ2) is 8.59. The van der Waals surface area contributed by atoms with Gasteiger partial charge in [-0.3, -0.25) is 19.7 Å². The molecule has 38 heavy (non-hydrogen) atoms. The number of hydrogen-bond donors (Lipinski definition) is 0. The number of benzene rings is 3. The molecule has 3 aromatic rings. The van der Waals surface area contributed by atoms with Crippen LogP contribution in [0.2, 0.25) is 0 Å². The number of ether oxygens (including phenoxy) is 1. The lowest BCUT2D eigenvalue weighted by atomic mass is 9.55. The number of rotatable bonds is 4. The lowest BCUT2D eigenvalue weighted by molar-refractivity contribution is -0.384. The van der Waals surface area contributed by atoms with Gasteiger partial charge in [-0.25, -0.2) is 0 Å². The molecule has 2 bridgehead atoms. The van der Waals surface area contributed by atoms with Crippen molar-refractivity contribution in [3.8, 4) is 0 Å². The summed E-state index contributed by atoms with van der Waals surface area (Å²) in [6, 6.07) is 20.9. The highest BCUT2D eigenvalue weighted by Gasteiger charge is 2.61. The number of nitro groups is 1. The van der Waals surface area contributed by atoms with Crippen LogP contribution in [0.15, 0.2) is 71.8 Å². The van der Waals surface area contributed by atoms with E-state index >= 15 is 0 Å². The summed E-state index contributed by atoms with van der Waals surface area (Å²) >= 11 is 0. The van der Waals surface area contributed by atoms with Crippen molar-refractivity contribution in [2.45, 2.75) is 11.8 Å². The lowest BCUT2D eigenvalue weighted by Gasteiger charge is -2.45. The number of carbonyl (C=O) groups is 2. The van der Waals surface area contributed by atoms with Gasteiger partial charge in [0, 0.05) is 36.6 Å². The molecule has 2 amide bonds. The van der Waals surface area contributed by atoms with E-state index < -0.39 is 16.8 Å². The van der Waals surface area contributed by atoms with Gasteiger partial charge in [-0.1, -0.05) is 54.6 Å². The zero-order valence-electron chi connectivity index (χ0n) is 20.4. The Labute approximate surface area is 218 Å². The summed E-state index contributed by atoms with van der Waals surface area (Å²) in [5.41, 5.74) is 5.29. The van der Waals surface area contributed by atoms with Gasteiger partial charge >= 0.3 is 0 Å². The molecule has 9 nitrogen and oxygen atoms in total. The van der Waals surface area contributed by atoms with Crippen molar-refractivity contribution >= 4 is 29.4 Å². The van der Waals surface area contributed by atoms with Crippen molar-refractivity contribution < 1.29 is 19.2 Å². The molecule has 0 radical (unpaired) electrons. The number of morpholine rings is 1. The van der Waals surface area contributed by atoms with Crippen LogP contribution in [0.3, 0.4) is 0 Å². The van der Waals surface area contributed by atoms with E-state index in [-0.39, 0.29) is 29.3 Å². The molecular weight excluding hydrogens is 484 g/mol. The Bertz CT molecular complexity index is 1410. The minimum absolute atomic E-state index is 0.0486. The molecule has 3 aliphatic carbocycles. The number of carbonyl (C=O) groups excluding carboxylic acids is 2. The highest BCUT2D eigenvalue weighted by molar-refractivity contribution is 6.08. The predicted molar refractivity (Wildman–Crippen MR) is 139 cm³/mol. The molecule has 0 aromatic heterocycles. The van der Waals surface area contributed by atoms with Crippen LogP contribution < -0.4 is 4.90 Å². The van der Waals surface area contributed by atoms with Gasteiger partial charge in [0.2, 0.25) is 0 Å². The molecule has 190 valence electrons. The Balaban J connectivity index is 1.23. The summed E-state index contributed by atoms with van der Waals surface area (Å²) in [4.78, 5) is 40.7. The van der Waals surface area contributed by atoms with Gasteiger partial charge in [-0.05, 0) is 28.3 Å². The maximum atomic E-state index is 13.7. The van der Waals surface area contributed by atoms with E-state index in [1.165, 1.54) is 12.3 Å². The van der Waals surface area contributed by atoms with E-state index in [0.29, 0.717) is 37.6 Å². The fourth-order valence-corrected chi connectivity index (χ4v) is 6.74. The summed E-state index contributed by atoms with van der Waals surface area (Å²) in [5, 5.41) is 17.1. The Morgan fingerprint density at radius 1 is 0.842 bits per heavy atom. The standard InChI is InChI=1S/C29H24N4O5/c34-28-26-24-18-5-1-2-6-19(18)25(21-8-4-3-7-20(21)24)27(26)29(35)32(28)30-16-17-9-10-22(23(15-17)33(36)37)31-11-13-38-14-12-31/h1-10,15-16,24-27H,11-14H2/b30-16-/t24?,25?,26-,27+. The zero-order valence-corrected chi connectivity index (χ0v) is 20.4. The first-order chi connectivity index (χ1) is 18.5. The quantitative estimate of drug-likeness (QED) is 0.231. The Morgan fingerprint density at radius 3 is 1.87 bits per heavy atom. The maximum absolute atomic E-state index is 13.7. The molecule has 0 N–H and O–H groups in total. The Hall–Kier alpha value is -4.37. The summed E-state index contributed by atoms with van der Waals surface area (Å²) < 4.78 is 5.36. The van der Waals surface area contributed by atoms with E-state index in [4.69, 9.17) is 4.74 Å². The van der Waals surface area contributed by atoms with Crippen LogP contribution in [0, 0.1) is 22.0 Å². The van der Waals surface area contributed by atoms with Gasteiger partial charge in [-0.2, -0.15) is 10.1 Å². The predicted octanol–water partition coefficient (Wildman–Crippen LogP) is 3.66. The molecule has 3 aromatic carbocycles. The van der Waals surface area contributed by atoms with Crippen LogP contribution in [0.25, 0.3) is 0 Å². The molecule has 2 atom stereocenters. The summed E-state index contributed by atoms with van der Waals surface area (Å²) in [6.45, 7) is 2.16. The normalized spacial score (nSPS) is 25.5. The van der Waals surface area contributed by atoms with Crippen molar-refractivity contribution in [2.24, 2.45) is 16.9 Å². The fraction of sp³-hybridized carbons (Fsp3) is 0.276. The first-order valence-electron chi connectivity index (χ1n) is 12.7. The molecule has 2 fully saturated rings. The fourth-order valence-electron chi connectivity index (χ4n) is 6.74. The molecule has 2 saturated heterocycles. The molecule has 0 unspecified atom stereocenters. The molecule has 2 heterocycles. The molecular formula is C29H24N4O5. The topological polar surface area (TPSA) is 105 Å². The highest BCUT2D eigenvalue weighted by atomic mass is 16.6. The summed E-state index contributed by atoms with van der Waals surface area (Å²) in [6.07, 6.45) is 1.37. The van der Waals surface area contributed by atoms with Gasteiger partial charge in [0.05, 0.1) is 36.2 Å². The number of nitro benzene ring substituents is 1. The zero-order chi connectivity index (χ0) is 26.0. The third kappa shape index (κ3) is 3.24. The average Bonchev–Trinajstić information content (AvgIpc) is 3.21. The summed E-state index contributed by atoms with van der Waals surface area (Å²) in [7, 11) is 0. The Morgan fingerprint density at radius 2 is 1.37 bits per heavy atom. The Kier molecular flexibility index (Phi) is 5.16. The van der Waals surface area contributed by atoms with Gasteiger partial charge in [0.15, 0.2) is 0 Å².